The van der Waals surface area contributed by atoms with Gasteiger partial charge in [0.15, 0.2) is 18.0 Å². The SMILES string of the molecule is Cc1ccc(NC(=O)c2cc(-c3ccco3)nc3c2cnn3C(C)C)c(OCC(F)(F)F)c1. The van der Waals surface area contributed by atoms with Crippen molar-refractivity contribution in [1.29, 1.82) is 0 Å². The van der Waals surface area contributed by atoms with Crippen LogP contribution in [-0.4, -0.2) is 33.5 Å². The van der Waals surface area contributed by atoms with Crippen molar-refractivity contribution in [1.82, 2.24) is 14.8 Å². The van der Waals surface area contributed by atoms with E-state index in [0.717, 1.165) is 0 Å². The summed E-state index contributed by atoms with van der Waals surface area (Å²) < 4.78 is 50.1. The molecule has 7 nitrogen and oxygen atoms in total. The quantitative estimate of drug-likeness (QED) is 0.396. The van der Waals surface area contributed by atoms with E-state index in [4.69, 9.17) is 9.15 Å². The highest BCUT2D eigenvalue weighted by molar-refractivity contribution is 6.13. The molecule has 172 valence electrons. The molecule has 0 spiro atoms. The maximum absolute atomic E-state index is 13.3. The molecule has 4 aromatic rings. The van der Waals surface area contributed by atoms with E-state index in [0.29, 0.717) is 28.1 Å². The summed E-state index contributed by atoms with van der Waals surface area (Å²) in [5.74, 6) is -0.152. The fourth-order valence-corrected chi connectivity index (χ4v) is 3.34. The van der Waals surface area contributed by atoms with Crippen LogP contribution >= 0.6 is 0 Å². The number of aromatic nitrogens is 3. The van der Waals surface area contributed by atoms with Crippen LogP contribution < -0.4 is 10.1 Å². The number of furan rings is 1. The molecule has 0 atom stereocenters. The number of amides is 1. The van der Waals surface area contributed by atoms with Gasteiger partial charge in [0, 0.05) is 6.04 Å². The molecule has 0 radical (unpaired) electrons. The van der Waals surface area contributed by atoms with Crippen LogP contribution in [-0.2, 0) is 0 Å². The number of halogens is 3. The number of nitrogens with zero attached hydrogens (tertiary/aromatic N) is 3. The second kappa shape index (κ2) is 8.61. The second-order valence-electron chi connectivity index (χ2n) is 7.81. The molecule has 0 aliphatic rings. The predicted molar refractivity (Wildman–Crippen MR) is 116 cm³/mol. The molecule has 0 bridgehead atoms. The fourth-order valence-electron chi connectivity index (χ4n) is 3.34. The molecule has 10 heteroatoms. The van der Waals surface area contributed by atoms with E-state index < -0.39 is 18.7 Å². The number of nitrogens with one attached hydrogen (secondary N) is 1. The summed E-state index contributed by atoms with van der Waals surface area (Å²) in [6.45, 7) is 4.12. The van der Waals surface area contributed by atoms with E-state index in [1.165, 1.54) is 18.4 Å². The first-order chi connectivity index (χ1) is 15.6. The number of carbonyl (C=O) groups excluding carboxylic acids is 1. The maximum Gasteiger partial charge on any atom is 0.422 e. The normalized spacial score (nSPS) is 11.8. The standard InChI is InChI=1S/C23H21F3N4O3/c1-13(2)30-21-16(11-27-30)15(10-18(28-21)19-5-4-8-32-19)22(31)29-17-7-6-14(3)9-20(17)33-12-23(24,25)26/h4-11,13H,12H2,1-3H3,(H,29,31). The van der Waals surface area contributed by atoms with Crippen LogP contribution in [0, 0.1) is 6.92 Å². The lowest BCUT2D eigenvalue weighted by molar-refractivity contribution is -0.153. The van der Waals surface area contributed by atoms with Crippen molar-refractivity contribution in [2.24, 2.45) is 0 Å². The zero-order chi connectivity index (χ0) is 23.8. The number of benzene rings is 1. The summed E-state index contributed by atoms with van der Waals surface area (Å²) in [6, 6.07) is 9.58. The number of carbonyl (C=O) groups is 1. The monoisotopic (exact) mass is 458 g/mol. The third kappa shape index (κ3) is 4.84. The molecule has 0 aliphatic carbocycles. The maximum atomic E-state index is 13.3. The summed E-state index contributed by atoms with van der Waals surface area (Å²) in [7, 11) is 0. The molecular weight excluding hydrogens is 437 g/mol. The molecule has 4 rings (SSSR count). The number of alkyl halides is 3. The summed E-state index contributed by atoms with van der Waals surface area (Å²) in [5, 5.41) is 7.51. The van der Waals surface area contributed by atoms with Crippen molar-refractivity contribution in [3.8, 4) is 17.2 Å². The molecule has 0 aliphatic heterocycles. The Labute approximate surface area is 187 Å². The lowest BCUT2D eigenvalue weighted by atomic mass is 10.1. The van der Waals surface area contributed by atoms with E-state index in [2.05, 4.69) is 15.4 Å². The largest absolute Gasteiger partial charge is 0.482 e. The van der Waals surface area contributed by atoms with Crippen LogP contribution in [0.4, 0.5) is 18.9 Å². The molecule has 3 heterocycles. The van der Waals surface area contributed by atoms with Crippen LogP contribution in [0.3, 0.4) is 0 Å². The van der Waals surface area contributed by atoms with E-state index >= 15 is 0 Å². The third-order valence-corrected chi connectivity index (χ3v) is 4.85. The molecule has 1 N–H and O–H groups in total. The van der Waals surface area contributed by atoms with Crippen molar-refractivity contribution < 1.29 is 27.1 Å². The Bertz CT molecular complexity index is 1290. The van der Waals surface area contributed by atoms with Crippen LogP contribution in [0.15, 0.2) is 53.3 Å². The van der Waals surface area contributed by atoms with Crippen LogP contribution in [0.1, 0.15) is 35.8 Å². The van der Waals surface area contributed by atoms with Gasteiger partial charge in [0.2, 0.25) is 0 Å². The van der Waals surface area contributed by atoms with E-state index in [9.17, 15) is 18.0 Å². The number of pyridine rings is 1. The number of hydrogen-bond donors (Lipinski definition) is 1. The van der Waals surface area contributed by atoms with Crippen molar-refractivity contribution in [2.75, 3.05) is 11.9 Å². The molecule has 0 saturated carbocycles. The van der Waals surface area contributed by atoms with Crippen molar-refractivity contribution in [3.63, 3.8) is 0 Å². The highest BCUT2D eigenvalue weighted by Crippen LogP contribution is 2.31. The molecule has 33 heavy (non-hydrogen) atoms. The highest BCUT2D eigenvalue weighted by Gasteiger charge is 2.29. The Hall–Kier alpha value is -3.82. The van der Waals surface area contributed by atoms with Crippen LogP contribution in [0.25, 0.3) is 22.5 Å². The Kier molecular flexibility index (Phi) is 5.84. The average molecular weight is 458 g/mol. The number of hydrogen-bond acceptors (Lipinski definition) is 5. The van der Waals surface area contributed by atoms with Gasteiger partial charge in [0.25, 0.3) is 5.91 Å². The zero-order valence-corrected chi connectivity index (χ0v) is 18.1. The summed E-state index contributed by atoms with van der Waals surface area (Å²) in [6.07, 6.45) is -1.47. The number of anilines is 1. The van der Waals surface area contributed by atoms with E-state index in [1.54, 1.807) is 42.1 Å². The smallest absolute Gasteiger partial charge is 0.422 e. The van der Waals surface area contributed by atoms with Crippen LogP contribution in [0.2, 0.25) is 0 Å². The molecule has 0 unspecified atom stereocenters. The number of ether oxygens (including phenoxy) is 1. The molecule has 1 aromatic carbocycles. The number of fused-ring (bicyclic) bond motifs is 1. The predicted octanol–water partition coefficient (Wildman–Crippen LogP) is 5.77. The number of rotatable bonds is 6. The van der Waals surface area contributed by atoms with Gasteiger partial charge in [-0.15, -0.1) is 0 Å². The van der Waals surface area contributed by atoms with E-state index in [-0.39, 0.29) is 23.0 Å². The zero-order valence-electron chi connectivity index (χ0n) is 18.1. The minimum atomic E-state index is -4.51. The first-order valence-electron chi connectivity index (χ1n) is 10.2. The third-order valence-electron chi connectivity index (χ3n) is 4.85. The lowest BCUT2D eigenvalue weighted by Crippen LogP contribution is -2.20. The van der Waals surface area contributed by atoms with Gasteiger partial charge in [0.05, 0.1) is 29.1 Å². The van der Waals surface area contributed by atoms with Gasteiger partial charge in [-0.2, -0.15) is 18.3 Å². The topological polar surface area (TPSA) is 82.2 Å². The molecule has 0 saturated heterocycles. The lowest BCUT2D eigenvalue weighted by Gasteiger charge is -2.15. The summed E-state index contributed by atoms with van der Waals surface area (Å²) in [5.41, 5.74) is 1.98. The fraction of sp³-hybridized carbons (Fsp3) is 0.261. The van der Waals surface area contributed by atoms with Gasteiger partial charge in [0.1, 0.15) is 11.4 Å². The minimum absolute atomic E-state index is 0.0165. The Morgan fingerprint density at radius 1 is 1.24 bits per heavy atom. The number of aryl methyl sites for hydroxylation is 1. The molecular formula is C23H21F3N4O3. The Morgan fingerprint density at radius 2 is 2.03 bits per heavy atom. The average Bonchev–Trinajstić information content (AvgIpc) is 3.42. The van der Waals surface area contributed by atoms with Gasteiger partial charge in [-0.1, -0.05) is 6.07 Å². The van der Waals surface area contributed by atoms with Gasteiger partial charge in [-0.05, 0) is 56.7 Å². The van der Waals surface area contributed by atoms with Gasteiger partial charge >= 0.3 is 6.18 Å². The molecule has 3 aromatic heterocycles. The molecule has 0 fully saturated rings. The van der Waals surface area contributed by atoms with E-state index in [1.807, 2.05) is 13.8 Å². The van der Waals surface area contributed by atoms with Gasteiger partial charge < -0.3 is 14.5 Å². The van der Waals surface area contributed by atoms with Crippen molar-refractivity contribution in [2.45, 2.75) is 33.0 Å². The van der Waals surface area contributed by atoms with Crippen LogP contribution in [0.5, 0.6) is 5.75 Å². The minimum Gasteiger partial charge on any atom is -0.482 e. The molecule has 1 amide bonds. The van der Waals surface area contributed by atoms with Crippen molar-refractivity contribution >= 4 is 22.6 Å². The summed E-state index contributed by atoms with van der Waals surface area (Å²) >= 11 is 0. The van der Waals surface area contributed by atoms with Gasteiger partial charge in [-0.3, -0.25) is 4.79 Å². The Balaban J connectivity index is 1.75. The first-order valence-corrected chi connectivity index (χ1v) is 10.2. The second-order valence-corrected chi connectivity index (χ2v) is 7.81. The van der Waals surface area contributed by atoms with Gasteiger partial charge in [-0.25, -0.2) is 9.67 Å². The summed E-state index contributed by atoms with van der Waals surface area (Å²) in [4.78, 5) is 17.9. The highest BCUT2D eigenvalue weighted by atomic mass is 19.4. The van der Waals surface area contributed by atoms with Crippen molar-refractivity contribution in [3.05, 3.63) is 60.0 Å². The Morgan fingerprint density at radius 3 is 2.70 bits per heavy atom. The first kappa shape index (κ1) is 22.4.